The minimum absolute atomic E-state index is 0.127. The molecule has 0 bridgehead atoms. The van der Waals surface area contributed by atoms with Gasteiger partial charge in [-0.25, -0.2) is 0 Å². The van der Waals surface area contributed by atoms with Gasteiger partial charge in [0.05, 0.1) is 0 Å². The Labute approximate surface area is 132 Å². The van der Waals surface area contributed by atoms with Crippen LogP contribution in [0.25, 0.3) is 0 Å². The van der Waals surface area contributed by atoms with Crippen LogP contribution in [0.4, 0.5) is 5.69 Å². The first kappa shape index (κ1) is 14.6. The molecule has 0 saturated heterocycles. The van der Waals surface area contributed by atoms with Crippen LogP contribution in [-0.2, 0) is 6.54 Å². The number of para-hydroxylation sites is 1. The predicted molar refractivity (Wildman–Crippen MR) is 90.4 cm³/mol. The fourth-order valence-corrected chi connectivity index (χ4v) is 3.09. The summed E-state index contributed by atoms with van der Waals surface area (Å²) in [6.45, 7) is 6.34. The largest absolute Gasteiger partial charge is 0.373 e. The summed E-state index contributed by atoms with van der Waals surface area (Å²) in [6.07, 6.45) is 0. The summed E-state index contributed by atoms with van der Waals surface area (Å²) < 4.78 is 0. The zero-order valence-corrected chi connectivity index (χ0v) is 13.5. The van der Waals surface area contributed by atoms with Crippen molar-refractivity contribution in [2.75, 3.05) is 25.0 Å². The van der Waals surface area contributed by atoms with Gasteiger partial charge in [0, 0.05) is 37.9 Å². The van der Waals surface area contributed by atoms with E-state index in [0.29, 0.717) is 6.54 Å². The number of benzene rings is 2. The summed E-state index contributed by atoms with van der Waals surface area (Å²) in [5.41, 5.74) is 5.48. The summed E-state index contributed by atoms with van der Waals surface area (Å²) >= 11 is 0. The van der Waals surface area contributed by atoms with E-state index in [1.165, 1.54) is 16.8 Å². The molecule has 1 aliphatic heterocycles. The first-order chi connectivity index (χ1) is 10.6. The van der Waals surface area contributed by atoms with Crippen molar-refractivity contribution in [1.82, 2.24) is 4.90 Å². The molecule has 114 valence electrons. The molecule has 0 fully saturated rings. The van der Waals surface area contributed by atoms with Crippen molar-refractivity contribution in [2.45, 2.75) is 20.4 Å². The van der Waals surface area contributed by atoms with Gasteiger partial charge in [-0.1, -0.05) is 35.9 Å². The number of anilines is 1. The highest BCUT2D eigenvalue weighted by atomic mass is 16.2. The summed E-state index contributed by atoms with van der Waals surface area (Å²) in [5, 5.41) is 0. The molecule has 0 aromatic heterocycles. The summed E-state index contributed by atoms with van der Waals surface area (Å²) in [5.74, 6) is 0.127. The van der Waals surface area contributed by atoms with Gasteiger partial charge in [-0.05, 0) is 37.1 Å². The summed E-state index contributed by atoms with van der Waals surface area (Å²) in [6, 6.07) is 14.4. The molecule has 0 N–H and O–H groups in total. The van der Waals surface area contributed by atoms with Crippen molar-refractivity contribution in [2.24, 2.45) is 0 Å². The van der Waals surface area contributed by atoms with Crippen LogP contribution >= 0.6 is 0 Å². The monoisotopic (exact) mass is 294 g/mol. The molecule has 3 nitrogen and oxygen atoms in total. The molecule has 3 heteroatoms. The van der Waals surface area contributed by atoms with E-state index < -0.39 is 0 Å². The van der Waals surface area contributed by atoms with Gasteiger partial charge >= 0.3 is 0 Å². The number of aryl methyl sites for hydroxylation is 2. The third-order valence-electron chi connectivity index (χ3n) is 4.37. The quantitative estimate of drug-likeness (QED) is 0.805. The lowest BCUT2D eigenvalue weighted by molar-refractivity contribution is 0.0751. The number of likely N-dealkylation sites (N-methyl/N-ethyl adjacent to an activating group) is 1. The van der Waals surface area contributed by atoms with Crippen LogP contribution in [-0.4, -0.2) is 30.9 Å². The fraction of sp³-hybridized carbons (Fsp3) is 0.316. The number of hydrogen-bond acceptors (Lipinski definition) is 2. The topological polar surface area (TPSA) is 23.6 Å². The maximum absolute atomic E-state index is 12.9. The Morgan fingerprint density at radius 1 is 1.05 bits per heavy atom. The average molecular weight is 294 g/mol. The number of fused-ring (bicyclic) bond motifs is 1. The Kier molecular flexibility index (Phi) is 3.88. The van der Waals surface area contributed by atoms with Gasteiger partial charge < -0.3 is 9.80 Å². The lowest BCUT2D eigenvalue weighted by Crippen LogP contribution is -2.34. The van der Waals surface area contributed by atoms with E-state index in [2.05, 4.69) is 43.1 Å². The molecule has 1 aliphatic rings. The molecule has 1 amide bonds. The van der Waals surface area contributed by atoms with Crippen LogP contribution in [0, 0.1) is 13.8 Å². The van der Waals surface area contributed by atoms with Gasteiger partial charge in [-0.3, -0.25) is 4.79 Å². The molecule has 3 rings (SSSR count). The zero-order chi connectivity index (χ0) is 15.7. The molecule has 2 aromatic rings. The number of carbonyl (C=O) groups is 1. The Balaban J connectivity index is 1.91. The molecule has 0 spiro atoms. The van der Waals surface area contributed by atoms with Gasteiger partial charge in [0.15, 0.2) is 0 Å². The van der Waals surface area contributed by atoms with Crippen LogP contribution in [0.3, 0.4) is 0 Å². The Morgan fingerprint density at radius 3 is 2.59 bits per heavy atom. The lowest BCUT2D eigenvalue weighted by atomic mass is 10.0. The smallest absolute Gasteiger partial charge is 0.254 e. The molecule has 0 radical (unpaired) electrons. The van der Waals surface area contributed by atoms with Crippen molar-refractivity contribution in [3.63, 3.8) is 0 Å². The molecule has 0 atom stereocenters. The van der Waals surface area contributed by atoms with Crippen molar-refractivity contribution in [1.29, 1.82) is 0 Å². The van der Waals surface area contributed by atoms with Gasteiger partial charge in [0.1, 0.15) is 0 Å². The highest BCUT2D eigenvalue weighted by Crippen LogP contribution is 2.25. The highest BCUT2D eigenvalue weighted by Gasteiger charge is 2.22. The SMILES string of the molecule is Cc1ccc(C(=O)N2CCN(C)c3ccccc3C2)c(C)c1. The van der Waals surface area contributed by atoms with Crippen LogP contribution in [0.1, 0.15) is 27.0 Å². The van der Waals surface area contributed by atoms with E-state index in [9.17, 15) is 4.79 Å². The standard InChI is InChI=1S/C19H22N2O/c1-14-8-9-17(15(2)12-14)19(22)21-11-10-20(3)18-7-5-4-6-16(18)13-21/h4-9,12H,10-11,13H2,1-3H3. The molecular formula is C19H22N2O. The maximum atomic E-state index is 12.9. The maximum Gasteiger partial charge on any atom is 0.254 e. The van der Waals surface area contributed by atoms with Crippen molar-refractivity contribution in [3.05, 3.63) is 64.7 Å². The lowest BCUT2D eigenvalue weighted by Gasteiger charge is -2.22. The highest BCUT2D eigenvalue weighted by molar-refractivity contribution is 5.95. The normalized spacial score (nSPS) is 14.5. The molecule has 1 heterocycles. The predicted octanol–water partition coefficient (Wildman–Crippen LogP) is 3.40. The summed E-state index contributed by atoms with van der Waals surface area (Å²) in [7, 11) is 2.09. The Morgan fingerprint density at radius 2 is 1.82 bits per heavy atom. The van der Waals surface area contributed by atoms with Gasteiger partial charge in [-0.15, -0.1) is 0 Å². The first-order valence-corrected chi connectivity index (χ1v) is 7.72. The van der Waals surface area contributed by atoms with Crippen LogP contribution < -0.4 is 4.90 Å². The molecule has 2 aromatic carbocycles. The molecule has 22 heavy (non-hydrogen) atoms. The number of carbonyl (C=O) groups excluding carboxylic acids is 1. The van der Waals surface area contributed by atoms with Crippen molar-refractivity contribution < 1.29 is 4.79 Å². The molecular weight excluding hydrogens is 272 g/mol. The molecule has 0 unspecified atom stereocenters. The second-order valence-corrected chi connectivity index (χ2v) is 6.10. The van der Waals surface area contributed by atoms with Crippen molar-refractivity contribution >= 4 is 11.6 Å². The zero-order valence-electron chi connectivity index (χ0n) is 13.5. The van der Waals surface area contributed by atoms with Gasteiger partial charge in [0.25, 0.3) is 5.91 Å². The molecule has 0 saturated carbocycles. The fourth-order valence-electron chi connectivity index (χ4n) is 3.09. The number of rotatable bonds is 1. The molecule has 0 aliphatic carbocycles. The van der Waals surface area contributed by atoms with E-state index in [1.54, 1.807) is 0 Å². The van der Waals surface area contributed by atoms with E-state index in [0.717, 1.165) is 24.2 Å². The third-order valence-corrected chi connectivity index (χ3v) is 4.37. The summed E-state index contributed by atoms with van der Waals surface area (Å²) in [4.78, 5) is 17.1. The van der Waals surface area contributed by atoms with E-state index in [-0.39, 0.29) is 5.91 Å². The van der Waals surface area contributed by atoms with E-state index in [1.807, 2.05) is 30.0 Å². The third kappa shape index (κ3) is 2.71. The minimum atomic E-state index is 0.127. The Bertz CT molecular complexity index is 708. The number of nitrogens with zero attached hydrogens (tertiary/aromatic N) is 2. The van der Waals surface area contributed by atoms with Crippen LogP contribution in [0.5, 0.6) is 0 Å². The first-order valence-electron chi connectivity index (χ1n) is 7.72. The Hall–Kier alpha value is -2.29. The second-order valence-electron chi connectivity index (χ2n) is 6.10. The van der Waals surface area contributed by atoms with E-state index >= 15 is 0 Å². The van der Waals surface area contributed by atoms with Gasteiger partial charge in [0.2, 0.25) is 0 Å². The van der Waals surface area contributed by atoms with E-state index in [4.69, 9.17) is 0 Å². The van der Waals surface area contributed by atoms with Crippen molar-refractivity contribution in [3.8, 4) is 0 Å². The van der Waals surface area contributed by atoms with Gasteiger partial charge in [-0.2, -0.15) is 0 Å². The second kappa shape index (κ2) is 5.84. The van der Waals surface area contributed by atoms with Crippen LogP contribution in [0.2, 0.25) is 0 Å². The number of hydrogen-bond donors (Lipinski definition) is 0. The minimum Gasteiger partial charge on any atom is -0.373 e. The van der Waals surface area contributed by atoms with Crippen LogP contribution in [0.15, 0.2) is 42.5 Å². The average Bonchev–Trinajstić information content (AvgIpc) is 2.67. The number of amides is 1.